The fourth-order valence-corrected chi connectivity index (χ4v) is 1.81. The Morgan fingerprint density at radius 1 is 1.12 bits per heavy atom. The lowest BCUT2D eigenvalue weighted by atomic mass is 10.1. The van der Waals surface area contributed by atoms with Crippen molar-refractivity contribution in [1.29, 1.82) is 0 Å². The van der Waals surface area contributed by atoms with Crippen molar-refractivity contribution in [2.24, 2.45) is 11.8 Å². The topological polar surface area (TPSA) is 52.6 Å². The van der Waals surface area contributed by atoms with Crippen LogP contribution in [0.2, 0.25) is 0 Å². The summed E-state index contributed by atoms with van der Waals surface area (Å²) < 4.78 is 0. The van der Waals surface area contributed by atoms with Crippen molar-refractivity contribution in [3.05, 3.63) is 0 Å². The van der Waals surface area contributed by atoms with Crippen LogP contribution in [0.25, 0.3) is 0 Å². The molecular formula is C12H26N2O2. The molecule has 1 atom stereocenters. The van der Waals surface area contributed by atoms with Crippen LogP contribution in [-0.4, -0.2) is 48.7 Å². The monoisotopic (exact) mass is 230 g/mol. The molecule has 0 aliphatic rings. The van der Waals surface area contributed by atoms with Gasteiger partial charge >= 0.3 is 5.97 Å². The van der Waals surface area contributed by atoms with Crippen LogP contribution in [0.1, 0.15) is 27.7 Å². The standard InChI is InChI=1S/C12H26N2O2/c1-9(2)6-14(7-10(3)4)8-11(13-5)12(15)16/h9-11,13H,6-8H2,1-5H3,(H,15,16). The highest BCUT2D eigenvalue weighted by molar-refractivity contribution is 5.73. The van der Waals surface area contributed by atoms with Crippen molar-refractivity contribution in [3.63, 3.8) is 0 Å². The van der Waals surface area contributed by atoms with E-state index < -0.39 is 12.0 Å². The van der Waals surface area contributed by atoms with Gasteiger partial charge < -0.3 is 15.3 Å². The zero-order valence-corrected chi connectivity index (χ0v) is 11.2. The largest absolute Gasteiger partial charge is 0.480 e. The van der Waals surface area contributed by atoms with Gasteiger partial charge in [-0.25, -0.2) is 0 Å². The van der Waals surface area contributed by atoms with E-state index in [4.69, 9.17) is 5.11 Å². The number of rotatable bonds is 8. The van der Waals surface area contributed by atoms with Crippen molar-refractivity contribution < 1.29 is 9.90 Å². The summed E-state index contributed by atoms with van der Waals surface area (Å²) in [7, 11) is 1.70. The highest BCUT2D eigenvalue weighted by Gasteiger charge is 2.20. The van der Waals surface area contributed by atoms with Gasteiger partial charge in [0.1, 0.15) is 6.04 Å². The van der Waals surface area contributed by atoms with Gasteiger partial charge in [-0.2, -0.15) is 0 Å². The first-order valence-corrected chi connectivity index (χ1v) is 5.99. The summed E-state index contributed by atoms with van der Waals surface area (Å²) in [5, 5.41) is 11.8. The van der Waals surface area contributed by atoms with Crippen molar-refractivity contribution in [1.82, 2.24) is 10.2 Å². The maximum absolute atomic E-state index is 10.9. The summed E-state index contributed by atoms with van der Waals surface area (Å²) in [6.07, 6.45) is 0. The SMILES string of the molecule is CNC(CN(CC(C)C)CC(C)C)C(=O)O. The van der Waals surface area contributed by atoms with E-state index in [0.717, 1.165) is 13.1 Å². The van der Waals surface area contributed by atoms with E-state index in [-0.39, 0.29) is 0 Å². The predicted molar refractivity (Wildman–Crippen MR) is 66.6 cm³/mol. The number of nitrogens with one attached hydrogen (secondary N) is 1. The molecule has 0 heterocycles. The van der Waals surface area contributed by atoms with E-state index in [9.17, 15) is 4.79 Å². The molecule has 16 heavy (non-hydrogen) atoms. The lowest BCUT2D eigenvalue weighted by Crippen LogP contribution is -2.46. The molecule has 1 unspecified atom stereocenters. The third-order valence-electron chi connectivity index (χ3n) is 2.33. The van der Waals surface area contributed by atoms with Crippen LogP contribution in [0.5, 0.6) is 0 Å². The van der Waals surface area contributed by atoms with Crippen molar-refractivity contribution >= 4 is 5.97 Å². The molecule has 0 saturated carbocycles. The number of hydrogen-bond donors (Lipinski definition) is 2. The number of likely N-dealkylation sites (N-methyl/N-ethyl adjacent to an activating group) is 1. The minimum atomic E-state index is -0.778. The van der Waals surface area contributed by atoms with Crippen LogP contribution < -0.4 is 5.32 Å². The fraction of sp³-hybridized carbons (Fsp3) is 0.917. The number of nitrogens with zero attached hydrogens (tertiary/aromatic N) is 1. The molecule has 0 fully saturated rings. The lowest BCUT2D eigenvalue weighted by Gasteiger charge is -2.28. The maximum atomic E-state index is 10.9. The molecule has 0 radical (unpaired) electrons. The second-order valence-corrected chi connectivity index (χ2v) is 5.19. The Morgan fingerprint density at radius 3 is 1.81 bits per heavy atom. The first-order chi connectivity index (χ1) is 7.36. The number of hydrogen-bond acceptors (Lipinski definition) is 3. The van der Waals surface area contributed by atoms with Crippen LogP contribution in [-0.2, 0) is 4.79 Å². The Balaban J connectivity index is 4.32. The lowest BCUT2D eigenvalue weighted by molar-refractivity contribution is -0.139. The summed E-state index contributed by atoms with van der Waals surface area (Å²) in [6.45, 7) is 11.1. The summed E-state index contributed by atoms with van der Waals surface area (Å²) in [5.74, 6) is 0.343. The van der Waals surface area contributed by atoms with E-state index in [2.05, 4.69) is 37.9 Å². The van der Waals surface area contributed by atoms with Gasteiger partial charge in [-0.3, -0.25) is 4.79 Å². The van der Waals surface area contributed by atoms with Gasteiger partial charge in [0.2, 0.25) is 0 Å². The molecule has 0 aromatic carbocycles. The molecule has 0 amide bonds. The Hall–Kier alpha value is -0.610. The third-order valence-corrected chi connectivity index (χ3v) is 2.33. The molecule has 0 spiro atoms. The average molecular weight is 230 g/mol. The predicted octanol–water partition coefficient (Wildman–Crippen LogP) is 1.27. The summed E-state index contributed by atoms with van der Waals surface area (Å²) in [4.78, 5) is 13.2. The number of carboxylic acids is 1. The highest BCUT2D eigenvalue weighted by Crippen LogP contribution is 2.04. The molecule has 4 heteroatoms. The molecule has 0 bridgehead atoms. The quantitative estimate of drug-likeness (QED) is 0.659. The molecule has 0 aliphatic carbocycles. The molecule has 4 nitrogen and oxygen atoms in total. The molecule has 2 N–H and O–H groups in total. The molecule has 0 saturated heterocycles. The van der Waals surface area contributed by atoms with Crippen LogP contribution in [0.3, 0.4) is 0 Å². The summed E-state index contributed by atoms with van der Waals surface area (Å²) in [5.41, 5.74) is 0. The Kier molecular flexibility index (Phi) is 7.34. The van der Waals surface area contributed by atoms with Gasteiger partial charge in [-0.1, -0.05) is 27.7 Å². The van der Waals surface area contributed by atoms with Crippen LogP contribution >= 0.6 is 0 Å². The second kappa shape index (κ2) is 7.63. The number of carbonyl (C=O) groups is 1. The molecule has 0 aliphatic heterocycles. The Bertz CT molecular complexity index is 195. The summed E-state index contributed by atoms with van der Waals surface area (Å²) >= 11 is 0. The van der Waals surface area contributed by atoms with Gasteiger partial charge in [-0.15, -0.1) is 0 Å². The van der Waals surface area contributed by atoms with Crippen LogP contribution in [0.15, 0.2) is 0 Å². The number of carboxylic acid groups (broad SMARTS) is 1. The first kappa shape index (κ1) is 15.4. The van der Waals surface area contributed by atoms with Gasteiger partial charge in [0.15, 0.2) is 0 Å². The number of aliphatic carboxylic acids is 1. The van der Waals surface area contributed by atoms with Gasteiger partial charge in [0, 0.05) is 19.6 Å². The summed E-state index contributed by atoms with van der Waals surface area (Å²) in [6, 6.07) is -0.475. The van der Waals surface area contributed by atoms with Crippen molar-refractivity contribution in [2.45, 2.75) is 33.7 Å². The molecule has 96 valence electrons. The van der Waals surface area contributed by atoms with Gasteiger partial charge in [-0.05, 0) is 18.9 Å². The molecular weight excluding hydrogens is 204 g/mol. The normalized spacial score (nSPS) is 13.8. The van der Waals surface area contributed by atoms with E-state index in [1.807, 2.05) is 0 Å². The van der Waals surface area contributed by atoms with Gasteiger partial charge in [0.05, 0.1) is 0 Å². The van der Waals surface area contributed by atoms with E-state index in [1.165, 1.54) is 0 Å². The smallest absolute Gasteiger partial charge is 0.322 e. The third kappa shape index (κ3) is 6.80. The van der Waals surface area contributed by atoms with Gasteiger partial charge in [0.25, 0.3) is 0 Å². The average Bonchev–Trinajstić information content (AvgIpc) is 2.11. The molecule has 0 rings (SSSR count). The first-order valence-electron chi connectivity index (χ1n) is 5.99. The van der Waals surface area contributed by atoms with Crippen LogP contribution in [0, 0.1) is 11.8 Å². The zero-order chi connectivity index (χ0) is 12.7. The van der Waals surface area contributed by atoms with E-state index in [0.29, 0.717) is 18.4 Å². The van der Waals surface area contributed by atoms with Crippen molar-refractivity contribution in [2.75, 3.05) is 26.7 Å². The van der Waals surface area contributed by atoms with Crippen molar-refractivity contribution in [3.8, 4) is 0 Å². The minimum absolute atomic E-state index is 0.475. The van der Waals surface area contributed by atoms with E-state index >= 15 is 0 Å². The Labute approximate surface area is 99.0 Å². The fourth-order valence-electron chi connectivity index (χ4n) is 1.81. The molecule has 0 aromatic rings. The van der Waals surface area contributed by atoms with Crippen LogP contribution in [0.4, 0.5) is 0 Å². The Morgan fingerprint density at radius 2 is 1.56 bits per heavy atom. The maximum Gasteiger partial charge on any atom is 0.322 e. The second-order valence-electron chi connectivity index (χ2n) is 5.19. The highest BCUT2D eigenvalue weighted by atomic mass is 16.4. The zero-order valence-electron chi connectivity index (χ0n) is 11.2. The molecule has 0 aromatic heterocycles. The van der Waals surface area contributed by atoms with E-state index in [1.54, 1.807) is 7.05 Å². The minimum Gasteiger partial charge on any atom is -0.480 e.